The lowest BCUT2D eigenvalue weighted by Crippen LogP contribution is -2.58. The zero-order valence-corrected chi connectivity index (χ0v) is 14.7. The highest BCUT2D eigenvalue weighted by molar-refractivity contribution is 6.01. The van der Waals surface area contributed by atoms with E-state index in [0.717, 1.165) is 12.8 Å². The molecule has 0 aromatic carbocycles. The Balaban J connectivity index is 1.49. The maximum absolute atomic E-state index is 12.6. The number of aromatic nitrogens is 1. The molecule has 3 aliphatic rings. The third-order valence-electron chi connectivity index (χ3n) is 5.40. The van der Waals surface area contributed by atoms with E-state index in [-0.39, 0.29) is 30.2 Å². The van der Waals surface area contributed by atoms with Crippen molar-refractivity contribution in [3.63, 3.8) is 0 Å². The number of likely N-dealkylation sites (tertiary alicyclic amines) is 1. The van der Waals surface area contributed by atoms with Gasteiger partial charge >= 0.3 is 0 Å². The van der Waals surface area contributed by atoms with E-state index in [4.69, 9.17) is 0 Å². The van der Waals surface area contributed by atoms with Crippen LogP contribution in [0.5, 0.6) is 0 Å². The molecule has 8 nitrogen and oxygen atoms in total. The summed E-state index contributed by atoms with van der Waals surface area (Å²) in [5.74, 6) is 0.177. The minimum absolute atomic E-state index is 0.0665. The molecule has 1 saturated carbocycles. The normalized spacial score (nSPS) is 26.4. The summed E-state index contributed by atoms with van der Waals surface area (Å²) in [6.07, 6.45) is 4.89. The van der Waals surface area contributed by atoms with Crippen molar-refractivity contribution in [3.8, 4) is 0 Å². The van der Waals surface area contributed by atoms with Gasteiger partial charge in [-0.3, -0.25) is 14.4 Å². The van der Waals surface area contributed by atoms with Crippen molar-refractivity contribution in [1.82, 2.24) is 20.5 Å². The molecule has 1 saturated heterocycles. The average Bonchev–Trinajstić information content (AvgIpc) is 3.44. The Hall–Kier alpha value is -2.64. The van der Waals surface area contributed by atoms with Gasteiger partial charge in [0.1, 0.15) is 17.5 Å². The SMILES string of the molecule is C[C@@H](C(=O)NC1CC1)N1CC[C@]2(CCC1=O)NC(=O)c1cccnc1N2. The number of hydrogen-bond acceptors (Lipinski definition) is 5. The van der Waals surface area contributed by atoms with E-state index >= 15 is 0 Å². The van der Waals surface area contributed by atoms with E-state index in [2.05, 4.69) is 20.9 Å². The molecule has 138 valence electrons. The number of nitrogens with zero attached hydrogens (tertiary/aromatic N) is 2. The molecule has 4 rings (SSSR count). The molecule has 26 heavy (non-hydrogen) atoms. The van der Waals surface area contributed by atoms with Gasteiger partial charge < -0.3 is 20.9 Å². The van der Waals surface area contributed by atoms with E-state index in [9.17, 15) is 14.4 Å². The van der Waals surface area contributed by atoms with Crippen molar-refractivity contribution in [1.29, 1.82) is 0 Å². The van der Waals surface area contributed by atoms with Crippen LogP contribution in [-0.2, 0) is 9.59 Å². The second kappa shape index (κ2) is 6.26. The van der Waals surface area contributed by atoms with Gasteiger partial charge in [-0.15, -0.1) is 0 Å². The summed E-state index contributed by atoms with van der Waals surface area (Å²) >= 11 is 0. The van der Waals surface area contributed by atoms with Crippen LogP contribution >= 0.6 is 0 Å². The van der Waals surface area contributed by atoms with E-state index in [1.807, 2.05) is 0 Å². The van der Waals surface area contributed by atoms with Gasteiger partial charge in [0.2, 0.25) is 11.8 Å². The van der Waals surface area contributed by atoms with Gasteiger partial charge in [0.15, 0.2) is 0 Å². The molecule has 2 aliphatic heterocycles. The molecule has 3 amide bonds. The maximum atomic E-state index is 12.6. The fraction of sp³-hybridized carbons (Fsp3) is 0.556. The number of rotatable bonds is 3. The second-order valence-electron chi connectivity index (χ2n) is 7.36. The lowest BCUT2D eigenvalue weighted by Gasteiger charge is -2.39. The molecule has 0 radical (unpaired) electrons. The molecule has 1 aromatic heterocycles. The smallest absolute Gasteiger partial charge is 0.256 e. The van der Waals surface area contributed by atoms with Crippen LogP contribution in [-0.4, -0.2) is 51.9 Å². The van der Waals surface area contributed by atoms with Crippen LogP contribution in [0.4, 0.5) is 5.82 Å². The quantitative estimate of drug-likeness (QED) is 0.736. The van der Waals surface area contributed by atoms with Gasteiger partial charge in [-0.2, -0.15) is 0 Å². The van der Waals surface area contributed by atoms with Crippen molar-refractivity contribution in [3.05, 3.63) is 23.9 Å². The summed E-state index contributed by atoms with van der Waals surface area (Å²) in [6.45, 7) is 2.16. The predicted molar refractivity (Wildman–Crippen MR) is 94.2 cm³/mol. The number of fused-ring (bicyclic) bond motifs is 1. The Morgan fingerprint density at radius 3 is 2.92 bits per heavy atom. The van der Waals surface area contributed by atoms with Gasteiger partial charge in [0, 0.05) is 31.6 Å². The molecule has 2 atom stereocenters. The van der Waals surface area contributed by atoms with E-state index in [1.54, 1.807) is 30.2 Å². The summed E-state index contributed by atoms with van der Waals surface area (Å²) in [4.78, 5) is 43.3. The first kappa shape index (κ1) is 16.8. The first-order valence-electron chi connectivity index (χ1n) is 9.13. The van der Waals surface area contributed by atoms with Gasteiger partial charge in [-0.1, -0.05) is 0 Å². The second-order valence-corrected chi connectivity index (χ2v) is 7.36. The minimum atomic E-state index is -0.713. The van der Waals surface area contributed by atoms with Crippen LogP contribution in [0.1, 0.15) is 49.4 Å². The van der Waals surface area contributed by atoms with E-state index in [0.29, 0.717) is 30.8 Å². The molecule has 1 spiro atoms. The fourth-order valence-corrected chi connectivity index (χ4v) is 3.61. The zero-order valence-electron chi connectivity index (χ0n) is 14.7. The molecular weight excluding hydrogens is 334 g/mol. The number of pyridine rings is 1. The Kier molecular flexibility index (Phi) is 4.05. The van der Waals surface area contributed by atoms with Crippen LogP contribution < -0.4 is 16.0 Å². The van der Waals surface area contributed by atoms with Crippen molar-refractivity contribution in [2.45, 2.75) is 56.8 Å². The first-order chi connectivity index (χ1) is 12.5. The number of nitrogens with one attached hydrogen (secondary N) is 3. The van der Waals surface area contributed by atoms with Crippen molar-refractivity contribution in [2.24, 2.45) is 0 Å². The highest BCUT2D eigenvalue weighted by Crippen LogP contribution is 2.31. The summed E-state index contributed by atoms with van der Waals surface area (Å²) in [7, 11) is 0. The largest absolute Gasteiger partial charge is 0.352 e. The van der Waals surface area contributed by atoms with Crippen molar-refractivity contribution >= 4 is 23.5 Å². The Bertz CT molecular complexity index is 763. The summed E-state index contributed by atoms with van der Waals surface area (Å²) in [6, 6.07) is 3.19. The fourth-order valence-electron chi connectivity index (χ4n) is 3.61. The predicted octanol–water partition coefficient (Wildman–Crippen LogP) is 0.613. The number of amides is 3. The van der Waals surface area contributed by atoms with E-state index < -0.39 is 11.7 Å². The summed E-state index contributed by atoms with van der Waals surface area (Å²) in [5.41, 5.74) is -0.210. The van der Waals surface area contributed by atoms with Crippen LogP contribution in [0.2, 0.25) is 0 Å². The van der Waals surface area contributed by atoms with Gasteiger partial charge in [-0.05, 0) is 38.3 Å². The number of carbonyl (C=O) groups excluding carboxylic acids is 3. The van der Waals surface area contributed by atoms with E-state index in [1.165, 1.54) is 0 Å². The first-order valence-corrected chi connectivity index (χ1v) is 9.13. The number of carbonyl (C=O) groups is 3. The number of hydrogen-bond donors (Lipinski definition) is 3. The molecule has 1 aromatic rings. The molecule has 3 heterocycles. The lowest BCUT2D eigenvalue weighted by molar-refractivity contribution is -0.139. The molecule has 3 N–H and O–H groups in total. The van der Waals surface area contributed by atoms with Crippen molar-refractivity contribution < 1.29 is 14.4 Å². The van der Waals surface area contributed by atoms with Gasteiger partial charge in [-0.25, -0.2) is 4.98 Å². The van der Waals surface area contributed by atoms with Crippen LogP contribution in [0.3, 0.4) is 0 Å². The Morgan fingerprint density at radius 1 is 1.35 bits per heavy atom. The minimum Gasteiger partial charge on any atom is -0.352 e. The Morgan fingerprint density at radius 2 is 2.15 bits per heavy atom. The van der Waals surface area contributed by atoms with Gasteiger partial charge in [0.25, 0.3) is 5.91 Å². The summed E-state index contributed by atoms with van der Waals surface area (Å²) in [5, 5.41) is 9.28. The highest BCUT2D eigenvalue weighted by atomic mass is 16.2. The zero-order chi connectivity index (χ0) is 18.3. The van der Waals surface area contributed by atoms with Crippen LogP contribution in [0.15, 0.2) is 18.3 Å². The Labute approximate surface area is 151 Å². The molecule has 0 unspecified atom stereocenters. The van der Waals surface area contributed by atoms with Gasteiger partial charge in [0.05, 0.1) is 5.56 Å². The summed E-state index contributed by atoms with van der Waals surface area (Å²) < 4.78 is 0. The average molecular weight is 357 g/mol. The molecule has 0 bridgehead atoms. The molecular formula is C18H23N5O3. The number of anilines is 1. The third kappa shape index (κ3) is 3.11. The standard InChI is InChI=1S/C18H23N5O3/c1-11(16(25)20-12-4-5-12)23-10-8-18(7-6-14(23)24)21-15-13(17(26)22-18)3-2-9-19-15/h2-3,9,11-12H,4-8,10H2,1H3,(H,19,21)(H,20,25)(H,22,26)/t11-,18-/m0/s1. The third-order valence-corrected chi connectivity index (χ3v) is 5.40. The maximum Gasteiger partial charge on any atom is 0.256 e. The molecule has 2 fully saturated rings. The van der Waals surface area contributed by atoms with Crippen LogP contribution in [0, 0.1) is 0 Å². The molecule has 1 aliphatic carbocycles. The van der Waals surface area contributed by atoms with Crippen LogP contribution in [0.25, 0.3) is 0 Å². The van der Waals surface area contributed by atoms with Crippen molar-refractivity contribution in [2.75, 3.05) is 11.9 Å². The lowest BCUT2D eigenvalue weighted by atomic mass is 9.97. The highest BCUT2D eigenvalue weighted by Gasteiger charge is 2.42. The molecule has 8 heteroatoms. The monoisotopic (exact) mass is 357 g/mol. The topological polar surface area (TPSA) is 103 Å².